The fourth-order valence-corrected chi connectivity index (χ4v) is 6.58. The van der Waals surface area contributed by atoms with Gasteiger partial charge >= 0.3 is 6.18 Å². The van der Waals surface area contributed by atoms with Crippen molar-refractivity contribution in [1.82, 2.24) is 10.2 Å². The molecular formula is C28H35F3N4O7. The fraction of sp³-hybridized carbons (Fsp3) is 0.536. The fourth-order valence-electron chi connectivity index (χ4n) is 6.58. The van der Waals surface area contributed by atoms with Crippen molar-refractivity contribution in [2.75, 3.05) is 33.1 Å². The first kappa shape index (κ1) is 31.3. The van der Waals surface area contributed by atoms with Crippen LogP contribution in [0.15, 0.2) is 23.0 Å². The standard InChI is InChI=1S/C28H35F3N4O7/c1-11(9-27(29,30)31)33-10-13-8-16(34(2)3)14-6-12-7-15-20(35(4)5)23(38)19(26(32)41)25(40)28(15,42)24(39)17(12)22(37)18(14)21(13)36/h8,11-12,15,20,33,36-37,40,42H,6-7,9-10H2,1-5H3,(H2,32,41). The molecule has 14 heteroatoms. The van der Waals surface area contributed by atoms with Gasteiger partial charge in [-0.2, -0.15) is 13.2 Å². The zero-order chi connectivity index (χ0) is 31.6. The predicted molar refractivity (Wildman–Crippen MR) is 146 cm³/mol. The molecule has 42 heavy (non-hydrogen) atoms. The molecule has 1 amide bonds. The quantitative estimate of drug-likeness (QED) is 0.253. The smallest absolute Gasteiger partial charge is 0.390 e. The Kier molecular flexibility index (Phi) is 7.89. The molecule has 5 unspecified atom stereocenters. The van der Waals surface area contributed by atoms with Gasteiger partial charge in [0.05, 0.1) is 18.0 Å². The van der Waals surface area contributed by atoms with Gasteiger partial charge in [0, 0.05) is 49.4 Å². The van der Waals surface area contributed by atoms with Crippen LogP contribution in [0.3, 0.4) is 0 Å². The maximum absolute atomic E-state index is 14.0. The van der Waals surface area contributed by atoms with E-state index in [9.17, 15) is 48.0 Å². The highest BCUT2D eigenvalue weighted by Gasteiger charge is 2.64. The summed E-state index contributed by atoms with van der Waals surface area (Å²) in [6.45, 7) is 1.15. The largest absolute Gasteiger partial charge is 0.508 e. The molecule has 7 N–H and O–H groups in total. The minimum Gasteiger partial charge on any atom is -0.508 e. The van der Waals surface area contributed by atoms with Gasteiger partial charge in [-0.1, -0.05) is 0 Å². The highest BCUT2D eigenvalue weighted by atomic mass is 19.4. The summed E-state index contributed by atoms with van der Waals surface area (Å²) in [5, 5.41) is 48.1. The SMILES string of the molecule is CC(CC(F)(F)F)NCc1cc(N(C)C)c2c(c1O)C(O)=C1C(=O)C3(O)C(O)=C(C(N)=O)C(=O)C(N(C)C)C3CC1C2. The van der Waals surface area contributed by atoms with E-state index >= 15 is 0 Å². The molecule has 0 saturated heterocycles. The number of phenols is 1. The highest BCUT2D eigenvalue weighted by Crippen LogP contribution is 2.54. The van der Waals surface area contributed by atoms with Crippen LogP contribution in [0.1, 0.15) is 36.5 Å². The number of fused-ring (bicyclic) bond motifs is 3. The number of amides is 1. The number of carbonyl (C=O) groups excluding carboxylic acids is 3. The second kappa shape index (κ2) is 10.6. The van der Waals surface area contributed by atoms with Crippen LogP contribution in [0, 0.1) is 11.8 Å². The van der Waals surface area contributed by atoms with E-state index in [0.29, 0.717) is 11.3 Å². The molecule has 1 aromatic carbocycles. The average molecular weight is 597 g/mol. The number of Topliss-reactive ketones (excluding diaryl/α,β-unsaturated/α-hetero) is 2. The molecule has 5 atom stereocenters. The molecule has 3 aliphatic rings. The molecule has 11 nitrogen and oxygen atoms in total. The number of nitrogens with two attached hydrogens (primary N) is 1. The number of nitrogens with one attached hydrogen (secondary N) is 1. The number of phenolic OH excluding ortho intramolecular Hbond substituents is 1. The molecule has 230 valence electrons. The highest BCUT2D eigenvalue weighted by molar-refractivity contribution is 6.24. The van der Waals surface area contributed by atoms with Crippen molar-refractivity contribution >= 4 is 28.9 Å². The monoisotopic (exact) mass is 596 g/mol. The number of ketones is 2. The summed E-state index contributed by atoms with van der Waals surface area (Å²) in [7, 11) is 6.43. The van der Waals surface area contributed by atoms with Crippen LogP contribution in [0.2, 0.25) is 0 Å². The second-order valence-corrected chi connectivity index (χ2v) is 11.7. The maximum atomic E-state index is 14.0. The predicted octanol–water partition coefficient (Wildman–Crippen LogP) is 1.46. The minimum atomic E-state index is -4.40. The van der Waals surface area contributed by atoms with Crippen LogP contribution in [0.4, 0.5) is 18.9 Å². The Morgan fingerprint density at radius 1 is 1.19 bits per heavy atom. The number of hydrogen-bond acceptors (Lipinski definition) is 10. The van der Waals surface area contributed by atoms with Crippen LogP contribution in [0.25, 0.3) is 5.76 Å². The van der Waals surface area contributed by atoms with Gasteiger partial charge in [0.1, 0.15) is 22.8 Å². The van der Waals surface area contributed by atoms with Crippen LogP contribution in [0.5, 0.6) is 5.75 Å². The van der Waals surface area contributed by atoms with E-state index in [0.717, 1.165) is 0 Å². The van der Waals surface area contributed by atoms with Gasteiger partial charge in [-0.15, -0.1) is 0 Å². The number of benzene rings is 1. The Labute approximate surface area is 240 Å². The first-order valence-corrected chi connectivity index (χ1v) is 13.3. The molecule has 0 heterocycles. The first-order valence-electron chi connectivity index (χ1n) is 13.3. The zero-order valence-corrected chi connectivity index (χ0v) is 23.8. The van der Waals surface area contributed by atoms with Crippen molar-refractivity contribution in [3.63, 3.8) is 0 Å². The van der Waals surface area contributed by atoms with Gasteiger partial charge in [0.15, 0.2) is 11.4 Å². The number of carbonyl (C=O) groups is 3. The van der Waals surface area contributed by atoms with Gasteiger partial charge < -0.3 is 36.4 Å². The van der Waals surface area contributed by atoms with E-state index in [4.69, 9.17) is 5.73 Å². The lowest BCUT2D eigenvalue weighted by Gasteiger charge is -2.50. The van der Waals surface area contributed by atoms with E-state index < -0.39 is 82.4 Å². The van der Waals surface area contributed by atoms with Crippen molar-refractivity contribution in [2.24, 2.45) is 17.6 Å². The molecule has 0 bridgehead atoms. The minimum absolute atomic E-state index is 0.0579. The Morgan fingerprint density at radius 2 is 1.81 bits per heavy atom. The third kappa shape index (κ3) is 4.90. The number of aromatic hydroxyl groups is 1. The van der Waals surface area contributed by atoms with Crippen molar-refractivity contribution in [3.05, 3.63) is 39.7 Å². The van der Waals surface area contributed by atoms with E-state index in [-0.39, 0.29) is 36.1 Å². The van der Waals surface area contributed by atoms with Crippen LogP contribution in [-0.4, -0.2) is 94.9 Å². The summed E-state index contributed by atoms with van der Waals surface area (Å²) >= 11 is 0. The van der Waals surface area contributed by atoms with Crippen molar-refractivity contribution in [3.8, 4) is 5.75 Å². The molecule has 0 aromatic heterocycles. The summed E-state index contributed by atoms with van der Waals surface area (Å²) in [6, 6.07) is -0.601. The molecule has 1 fully saturated rings. The third-order valence-electron chi connectivity index (χ3n) is 8.44. The summed E-state index contributed by atoms with van der Waals surface area (Å²) in [5.74, 6) is -7.59. The summed E-state index contributed by atoms with van der Waals surface area (Å²) in [5.41, 5.74) is 2.37. The average Bonchev–Trinajstić information content (AvgIpc) is 2.84. The Morgan fingerprint density at radius 3 is 2.33 bits per heavy atom. The number of aliphatic hydroxyl groups excluding tert-OH is 2. The van der Waals surface area contributed by atoms with E-state index in [1.807, 2.05) is 0 Å². The molecule has 0 spiro atoms. The Hall–Kier alpha value is -3.62. The summed E-state index contributed by atoms with van der Waals surface area (Å²) < 4.78 is 38.5. The van der Waals surface area contributed by atoms with Gasteiger partial charge in [-0.25, -0.2) is 0 Å². The first-order chi connectivity index (χ1) is 19.3. The van der Waals surface area contributed by atoms with E-state index in [1.54, 1.807) is 25.1 Å². The molecule has 0 radical (unpaired) electrons. The van der Waals surface area contributed by atoms with Gasteiger partial charge in [0.25, 0.3) is 5.91 Å². The molecule has 1 saturated carbocycles. The van der Waals surface area contributed by atoms with Crippen LogP contribution >= 0.6 is 0 Å². The van der Waals surface area contributed by atoms with Crippen molar-refractivity contribution in [1.29, 1.82) is 0 Å². The number of hydrogen-bond donors (Lipinski definition) is 6. The molecule has 1 aromatic rings. The number of likely N-dealkylation sites (N-methyl/N-ethyl adjacent to an activating group) is 1. The second-order valence-electron chi connectivity index (χ2n) is 11.7. The normalized spacial score (nSPS) is 26.7. The number of aliphatic hydroxyl groups is 3. The van der Waals surface area contributed by atoms with Crippen LogP contribution in [-0.2, 0) is 27.3 Å². The van der Waals surface area contributed by atoms with E-state index in [1.165, 1.54) is 25.9 Å². The lowest BCUT2D eigenvalue weighted by atomic mass is 9.57. The van der Waals surface area contributed by atoms with Crippen molar-refractivity contribution in [2.45, 2.75) is 56.6 Å². The summed E-state index contributed by atoms with van der Waals surface area (Å²) in [4.78, 5) is 42.4. The number of anilines is 1. The van der Waals surface area contributed by atoms with Gasteiger partial charge in [-0.05, 0) is 51.4 Å². The number of halogens is 3. The Balaban J connectivity index is 1.87. The number of primary amides is 1. The number of alkyl halides is 3. The third-order valence-corrected chi connectivity index (χ3v) is 8.44. The lowest BCUT2D eigenvalue weighted by Crippen LogP contribution is -2.65. The molecule has 0 aliphatic heterocycles. The van der Waals surface area contributed by atoms with Gasteiger partial charge in [0.2, 0.25) is 5.78 Å². The topological polar surface area (TPSA) is 177 Å². The summed E-state index contributed by atoms with van der Waals surface area (Å²) in [6.07, 6.45) is -5.48. The van der Waals surface area contributed by atoms with E-state index in [2.05, 4.69) is 5.32 Å². The maximum Gasteiger partial charge on any atom is 0.390 e. The molecule has 4 rings (SSSR count). The molecule has 3 aliphatic carbocycles. The number of rotatable bonds is 7. The Bertz CT molecular complexity index is 1420. The van der Waals surface area contributed by atoms with Crippen LogP contribution < -0.4 is 16.0 Å². The molecular weight excluding hydrogens is 561 g/mol. The zero-order valence-electron chi connectivity index (χ0n) is 23.8. The lowest BCUT2D eigenvalue weighted by molar-refractivity contribution is -0.153. The number of nitrogens with zero attached hydrogens (tertiary/aromatic N) is 2. The van der Waals surface area contributed by atoms with Crippen molar-refractivity contribution < 1.29 is 48.0 Å². The van der Waals surface area contributed by atoms with Gasteiger partial charge in [-0.3, -0.25) is 19.3 Å².